The molecule has 2 heterocycles. The third-order valence-electron chi connectivity index (χ3n) is 15.4. The average Bonchev–Trinajstić information content (AvgIpc) is 3.46. The summed E-state index contributed by atoms with van der Waals surface area (Å²) in [6.07, 6.45) is 0. The third-order valence-corrected chi connectivity index (χ3v) is 15.4. The normalized spacial score (nSPS) is 13.7. The monoisotopic (exact) mass is 918 g/mol. The maximum atomic E-state index is 7.27. The van der Waals surface area contributed by atoms with Crippen LogP contribution >= 0.6 is 0 Å². The highest BCUT2D eigenvalue weighted by atomic mass is 16.5. The van der Waals surface area contributed by atoms with Crippen molar-refractivity contribution in [3.8, 4) is 56.4 Å². The number of ether oxygens (including phenoxy) is 2. The van der Waals surface area contributed by atoms with Gasteiger partial charge in [0.15, 0.2) is 0 Å². The van der Waals surface area contributed by atoms with Crippen LogP contribution in [0.4, 0.5) is 0 Å². The molecule has 14 rings (SSSR count). The summed E-state index contributed by atoms with van der Waals surface area (Å²) in [6.45, 7) is 0. The highest BCUT2D eigenvalue weighted by molar-refractivity contribution is 6.19. The molecule has 0 aliphatic carbocycles. The number of hydrogen-bond acceptors (Lipinski definition) is 2. The molecule has 2 heteroatoms. The molecule has 2 aliphatic rings. The van der Waals surface area contributed by atoms with Gasteiger partial charge < -0.3 is 9.47 Å². The van der Waals surface area contributed by atoms with Crippen LogP contribution in [0.3, 0.4) is 0 Å². The van der Waals surface area contributed by atoms with Crippen LogP contribution in [0.25, 0.3) is 54.9 Å². The minimum atomic E-state index is -0.651. The second-order valence-electron chi connectivity index (χ2n) is 18.9. The Hall–Kier alpha value is -9.24. The number of hydrogen-bond donors (Lipinski definition) is 0. The molecule has 0 saturated heterocycles. The first-order chi connectivity index (χ1) is 35.7. The van der Waals surface area contributed by atoms with E-state index in [2.05, 4.69) is 279 Å². The summed E-state index contributed by atoms with van der Waals surface area (Å²) in [5.74, 6) is 3.41. The largest absolute Gasteiger partial charge is 0.456 e. The SMILES string of the molecule is c1ccc(-c2c3cccc(-c4cccc5c4Oc4ccccc4C5(c4ccccc4)c4ccccc4)c3cc3c(-c4cccc5c4Oc4ccccc4C5(c4ccccc4)c4ccccc4)cccc23)cc1. The first-order valence-corrected chi connectivity index (χ1v) is 24.8. The second-order valence-corrected chi connectivity index (χ2v) is 18.9. The standard InChI is InChI=1S/C70H46O2/c1-6-24-47(25-7-1)66-54-36-20-34-52(56-38-22-42-62-67(56)71-64-44-18-16-40-60(64)69(62,48-26-8-2-9-27-48)49-28-10-3-11-29-49)58(54)46-59-53(35-21-37-55(59)66)57-39-23-43-63-68(57)72-65-45-19-17-41-61(65)70(63,50-30-12-4-13-31-50)51-32-14-5-15-33-51/h1-46H. The molecule has 0 spiro atoms. The Kier molecular flexibility index (Phi) is 9.69. The Morgan fingerprint density at radius 2 is 0.556 bits per heavy atom. The van der Waals surface area contributed by atoms with Crippen molar-refractivity contribution < 1.29 is 9.47 Å². The Bertz CT molecular complexity index is 3690. The quantitative estimate of drug-likeness (QED) is 0.148. The highest BCUT2D eigenvalue weighted by Crippen LogP contribution is 2.60. The summed E-state index contributed by atoms with van der Waals surface area (Å²) in [5, 5.41) is 4.61. The van der Waals surface area contributed by atoms with E-state index in [1.54, 1.807) is 0 Å². The molecule has 0 aromatic heterocycles. The van der Waals surface area contributed by atoms with Crippen molar-refractivity contribution in [2.24, 2.45) is 0 Å². The summed E-state index contributed by atoms with van der Waals surface area (Å²) in [6, 6.07) is 101. The molecule has 0 bridgehead atoms. The van der Waals surface area contributed by atoms with Gasteiger partial charge in [-0.3, -0.25) is 0 Å². The van der Waals surface area contributed by atoms with Gasteiger partial charge in [0.2, 0.25) is 0 Å². The minimum Gasteiger partial charge on any atom is -0.456 e. The number of benzene rings is 12. The molecule has 0 amide bonds. The zero-order valence-corrected chi connectivity index (χ0v) is 39.4. The maximum Gasteiger partial charge on any atom is 0.140 e. The molecule has 0 N–H and O–H groups in total. The Morgan fingerprint density at radius 1 is 0.236 bits per heavy atom. The van der Waals surface area contributed by atoms with Crippen LogP contribution in [0.15, 0.2) is 279 Å². The summed E-state index contributed by atoms with van der Waals surface area (Å²) in [4.78, 5) is 0. The molecule has 12 aromatic carbocycles. The molecule has 0 atom stereocenters. The van der Waals surface area contributed by atoms with Crippen molar-refractivity contribution >= 4 is 21.5 Å². The predicted octanol–water partition coefficient (Wildman–Crippen LogP) is 18.0. The van der Waals surface area contributed by atoms with Crippen molar-refractivity contribution in [1.82, 2.24) is 0 Å². The molecule has 0 saturated carbocycles. The van der Waals surface area contributed by atoms with Crippen molar-refractivity contribution in [1.29, 1.82) is 0 Å². The van der Waals surface area contributed by atoms with E-state index in [1.807, 2.05) is 0 Å². The molecule has 0 unspecified atom stereocenters. The summed E-state index contributed by atoms with van der Waals surface area (Å²) in [7, 11) is 0. The van der Waals surface area contributed by atoms with Gasteiger partial charge in [-0.05, 0) is 84.3 Å². The van der Waals surface area contributed by atoms with E-state index in [0.717, 1.165) is 83.8 Å². The lowest BCUT2D eigenvalue weighted by atomic mass is 9.63. The molecule has 0 fully saturated rings. The first-order valence-electron chi connectivity index (χ1n) is 24.8. The molecular weight excluding hydrogens is 873 g/mol. The number of rotatable bonds is 7. The van der Waals surface area contributed by atoms with Crippen LogP contribution < -0.4 is 9.47 Å². The van der Waals surface area contributed by atoms with Crippen molar-refractivity contribution in [3.05, 3.63) is 324 Å². The molecule has 12 aromatic rings. The fourth-order valence-corrected chi connectivity index (χ4v) is 12.4. The fourth-order valence-electron chi connectivity index (χ4n) is 12.4. The van der Waals surface area contributed by atoms with Crippen LogP contribution in [-0.4, -0.2) is 0 Å². The van der Waals surface area contributed by atoms with E-state index in [-0.39, 0.29) is 0 Å². The molecule has 338 valence electrons. The Labute approximate surface area is 419 Å². The smallest absolute Gasteiger partial charge is 0.140 e. The number of fused-ring (bicyclic) bond motifs is 6. The van der Waals surface area contributed by atoms with Gasteiger partial charge in [0.1, 0.15) is 23.0 Å². The first kappa shape index (κ1) is 41.7. The van der Waals surface area contributed by atoms with Crippen LogP contribution in [0.2, 0.25) is 0 Å². The van der Waals surface area contributed by atoms with Crippen molar-refractivity contribution in [2.45, 2.75) is 10.8 Å². The van der Waals surface area contributed by atoms with Gasteiger partial charge in [0.25, 0.3) is 0 Å². The topological polar surface area (TPSA) is 18.5 Å². The van der Waals surface area contributed by atoms with Gasteiger partial charge in [-0.25, -0.2) is 0 Å². The van der Waals surface area contributed by atoms with E-state index in [0.29, 0.717) is 0 Å². The van der Waals surface area contributed by atoms with E-state index < -0.39 is 10.8 Å². The zero-order valence-electron chi connectivity index (χ0n) is 39.4. The lowest BCUT2D eigenvalue weighted by Crippen LogP contribution is -2.34. The van der Waals surface area contributed by atoms with Gasteiger partial charge in [0, 0.05) is 33.4 Å². The maximum absolute atomic E-state index is 7.27. The van der Waals surface area contributed by atoms with Crippen molar-refractivity contribution in [2.75, 3.05) is 0 Å². The second kappa shape index (κ2) is 16.7. The number of para-hydroxylation sites is 4. The van der Waals surface area contributed by atoms with Gasteiger partial charge in [-0.1, -0.05) is 261 Å². The van der Waals surface area contributed by atoms with E-state index in [4.69, 9.17) is 9.47 Å². The van der Waals surface area contributed by atoms with E-state index >= 15 is 0 Å². The molecule has 0 radical (unpaired) electrons. The van der Waals surface area contributed by atoms with E-state index in [9.17, 15) is 0 Å². The summed E-state index contributed by atoms with van der Waals surface area (Å²) >= 11 is 0. The summed E-state index contributed by atoms with van der Waals surface area (Å²) in [5.41, 5.74) is 14.5. The van der Waals surface area contributed by atoms with Gasteiger partial charge in [-0.2, -0.15) is 0 Å². The van der Waals surface area contributed by atoms with Gasteiger partial charge >= 0.3 is 0 Å². The van der Waals surface area contributed by atoms with Gasteiger partial charge in [0.05, 0.1) is 10.8 Å². The van der Waals surface area contributed by atoms with Gasteiger partial charge in [-0.15, -0.1) is 0 Å². The van der Waals surface area contributed by atoms with Crippen LogP contribution in [0, 0.1) is 0 Å². The third kappa shape index (κ3) is 6.09. The molecule has 72 heavy (non-hydrogen) atoms. The predicted molar refractivity (Wildman–Crippen MR) is 295 cm³/mol. The van der Waals surface area contributed by atoms with Crippen LogP contribution in [0.5, 0.6) is 23.0 Å². The Morgan fingerprint density at radius 3 is 0.958 bits per heavy atom. The van der Waals surface area contributed by atoms with E-state index in [1.165, 1.54) is 38.6 Å². The molecule has 2 aliphatic heterocycles. The average molecular weight is 919 g/mol. The molecular formula is C70H46O2. The lowest BCUT2D eigenvalue weighted by Gasteiger charge is -2.42. The fraction of sp³-hybridized carbons (Fsp3) is 0.0286. The lowest BCUT2D eigenvalue weighted by molar-refractivity contribution is 0.436. The highest BCUT2D eigenvalue weighted by Gasteiger charge is 2.47. The zero-order chi connectivity index (χ0) is 47.6. The van der Waals surface area contributed by atoms with Crippen LogP contribution in [-0.2, 0) is 10.8 Å². The van der Waals surface area contributed by atoms with Crippen LogP contribution in [0.1, 0.15) is 44.5 Å². The molecule has 2 nitrogen and oxygen atoms in total. The van der Waals surface area contributed by atoms with Crippen molar-refractivity contribution in [3.63, 3.8) is 0 Å². The summed E-state index contributed by atoms with van der Waals surface area (Å²) < 4.78 is 14.5. The minimum absolute atomic E-state index is 0.651. The Balaban J connectivity index is 1.06.